The van der Waals surface area contributed by atoms with Crippen LogP contribution in [-0.4, -0.2) is 22.0 Å². The van der Waals surface area contributed by atoms with Gasteiger partial charge in [-0.15, -0.1) is 11.3 Å². The minimum Gasteiger partial charge on any atom is -0.478 e. The molecule has 3 aromatic heterocycles. The van der Waals surface area contributed by atoms with Crippen LogP contribution in [0.25, 0.3) is 10.1 Å². The van der Waals surface area contributed by atoms with E-state index in [1.54, 1.807) is 17.5 Å². The lowest BCUT2D eigenvalue weighted by Gasteiger charge is -2.04. The number of carbonyl (C=O) groups excluding carboxylic acids is 1. The van der Waals surface area contributed by atoms with E-state index in [1.807, 2.05) is 16.8 Å². The van der Waals surface area contributed by atoms with Crippen molar-refractivity contribution in [3.63, 3.8) is 0 Å². The lowest BCUT2D eigenvalue weighted by Crippen LogP contribution is -2.22. The highest BCUT2D eigenvalue weighted by Gasteiger charge is 2.11. The van der Waals surface area contributed by atoms with E-state index < -0.39 is 5.97 Å². The molecule has 0 aliphatic rings. The molecule has 0 saturated heterocycles. The summed E-state index contributed by atoms with van der Waals surface area (Å²) in [5.74, 6) is -1.20. The molecule has 0 aliphatic carbocycles. The van der Waals surface area contributed by atoms with Gasteiger partial charge in [-0.1, -0.05) is 0 Å². The quantitative estimate of drug-likeness (QED) is 0.775. The molecule has 7 heteroatoms. The molecule has 0 spiro atoms. The van der Waals surface area contributed by atoms with E-state index in [0.29, 0.717) is 10.4 Å². The van der Waals surface area contributed by atoms with Gasteiger partial charge in [0.15, 0.2) is 0 Å². The zero-order chi connectivity index (χ0) is 14.8. The first-order chi connectivity index (χ1) is 10.1. The van der Waals surface area contributed by atoms with Gasteiger partial charge in [-0.3, -0.25) is 9.78 Å². The first-order valence-electron chi connectivity index (χ1n) is 6.04. The highest BCUT2D eigenvalue weighted by atomic mass is 32.1. The Hall–Kier alpha value is -2.25. The number of carboxylic acids is 1. The number of aromatic nitrogens is 1. The van der Waals surface area contributed by atoms with Crippen LogP contribution in [0.3, 0.4) is 0 Å². The number of amides is 1. The summed E-state index contributed by atoms with van der Waals surface area (Å²) in [5.41, 5.74) is 0.763. The number of nitrogens with one attached hydrogen (secondary N) is 1. The molecule has 0 aromatic carbocycles. The van der Waals surface area contributed by atoms with Gasteiger partial charge in [0.1, 0.15) is 0 Å². The minimum absolute atomic E-state index is 0.109. The second-order valence-corrected chi connectivity index (χ2v) is 6.20. The van der Waals surface area contributed by atoms with Crippen LogP contribution in [0.15, 0.2) is 35.3 Å². The molecular weight excluding hydrogens is 308 g/mol. The van der Waals surface area contributed by atoms with Crippen LogP contribution in [-0.2, 0) is 6.54 Å². The summed E-state index contributed by atoms with van der Waals surface area (Å²) in [6.07, 6.45) is 2.82. The van der Waals surface area contributed by atoms with Crippen molar-refractivity contribution in [2.24, 2.45) is 0 Å². The first kappa shape index (κ1) is 13.7. The summed E-state index contributed by atoms with van der Waals surface area (Å²) in [5, 5.41) is 16.8. The molecule has 0 atom stereocenters. The second-order valence-electron chi connectivity index (χ2n) is 4.37. The number of nitrogens with zero attached hydrogens (tertiary/aromatic N) is 1. The first-order valence-corrected chi connectivity index (χ1v) is 7.80. The molecule has 21 heavy (non-hydrogen) atoms. The van der Waals surface area contributed by atoms with Gasteiger partial charge in [0.2, 0.25) is 0 Å². The van der Waals surface area contributed by atoms with E-state index in [1.165, 1.54) is 23.6 Å². The summed E-state index contributed by atoms with van der Waals surface area (Å²) < 4.78 is 1.10. The van der Waals surface area contributed by atoms with Gasteiger partial charge in [-0.05, 0) is 23.1 Å². The van der Waals surface area contributed by atoms with Gasteiger partial charge >= 0.3 is 5.97 Å². The summed E-state index contributed by atoms with van der Waals surface area (Å²) in [6.45, 7) is 0.248. The number of pyridine rings is 1. The molecular formula is C14H10N2O3S2. The third kappa shape index (κ3) is 2.93. The van der Waals surface area contributed by atoms with Crippen molar-refractivity contribution in [1.29, 1.82) is 0 Å². The van der Waals surface area contributed by atoms with Crippen molar-refractivity contribution in [1.82, 2.24) is 10.3 Å². The Balaban J connectivity index is 1.69. The van der Waals surface area contributed by atoms with Gasteiger partial charge in [0.05, 0.1) is 10.4 Å². The number of carbonyl (C=O) groups is 2. The number of hydrogen-bond donors (Lipinski definition) is 2. The molecule has 0 fully saturated rings. The topological polar surface area (TPSA) is 79.3 Å². The fourth-order valence-corrected chi connectivity index (χ4v) is 3.78. The molecule has 3 heterocycles. The van der Waals surface area contributed by atoms with E-state index in [-0.39, 0.29) is 18.0 Å². The van der Waals surface area contributed by atoms with Crippen molar-refractivity contribution < 1.29 is 14.7 Å². The highest BCUT2D eigenvalue weighted by Crippen LogP contribution is 2.28. The van der Waals surface area contributed by atoms with E-state index >= 15 is 0 Å². The Morgan fingerprint density at radius 2 is 2.10 bits per heavy atom. The molecule has 0 bridgehead atoms. The SMILES string of the molecule is O=C(O)c1cncc(CNC(=O)c2cc3cscc3s2)c1. The monoisotopic (exact) mass is 318 g/mol. The summed E-state index contributed by atoms with van der Waals surface area (Å²) in [7, 11) is 0. The zero-order valence-corrected chi connectivity index (χ0v) is 12.3. The third-order valence-corrected chi connectivity index (χ3v) is 4.89. The summed E-state index contributed by atoms with van der Waals surface area (Å²) >= 11 is 3.05. The van der Waals surface area contributed by atoms with Gasteiger partial charge in [0, 0.05) is 34.4 Å². The smallest absolute Gasteiger partial charge is 0.337 e. The maximum atomic E-state index is 12.1. The van der Waals surface area contributed by atoms with Crippen LogP contribution in [0.2, 0.25) is 0 Å². The molecule has 5 nitrogen and oxygen atoms in total. The van der Waals surface area contributed by atoms with Crippen LogP contribution >= 0.6 is 22.7 Å². The van der Waals surface area contributed by atoms with Crippen molar-refractivity contribution in [2.45, 2.75) is 6.54 Å². The van der Waals surface area contributed by atoms with Crippen LogP contribution in [0.4, 0.5) is 0 Å². The number of thiophene rings is 2. The van der Waals surface area contributed by atoms with Gasteiger partial charge < -0.3 is 10.4 Å². The number of aromatic carboxylic acids is 1. The van der Waals surface area contributed by atoms with E-state index in [9.17, 15) is 9.59 Å². The lowest BCUT2D eigenvalue weighted by atomic mass is 10.2. The largest absolute Gasteiger partial charge is 0.478 e. The van der Waals surface area contributed by atoms with Crippen molar-refractivity contribution in [3.8, 4) is 0 Å². The Morgan fingerprint density at radius 3 is 2.86 bits per heavy atom. The number of fused-ring (bicyclic) bond motifs is 1. The van der Waals surface area contributed by atoms with Crippen molar-refractivity contribution in [3.05, 3.63) is 51.3 Å². The Bertz CT molecular complexity index is 794. The van der Waals surface area contributed by atoms with Crippen molar-refractivity contribution in [2.75, 3.05) is 0 Å². The molecule has 0 radical (unpaired) electrons. The summed E-state index contributed by atoms with van der Waals surface area (Å²) in [4.78, 5) is 27.4. The second kappa shape index (κ2) is 5.63. The van der Waals surface area contributed by atoms with E-state index in [0.717, 1.165) is 10.1 Å². The molecule has 0 aliphatic heterocycles. The molecule has 2 N–H and O–H groups in total. The minimum atomic E-state index is -1.03. The Morgan fingerprint density at radius 1 is 1.24 bits per heavy atom. The standard InChI is InChI=1S/C14H10N2O3S2/c17-13(11-2-10-6-20-7-12(10)21-11)16-4-8-1-9(14(18)19)5-15-3-8/h1-3,5-7H,4H2,(H,16,17)(H,18,19). The average molecular weight is 318 g/mol. The molecule has 106 valence electrons. The third-order valence-electron chi connectivity index (χ3n) is 2.88. The van der Waals surface area contributed by atoms with Crippen molar-refractivity contribution >= 4 is 44.6 Å². The fraction of sp³-hybridized carbons (Fsp3) is 0.0714. The van der Waals surface area contributed by atoms with Gasteiger partial charge in [-0.25, -0.2) is 4.79 Å². The highest BCUT2D eigenvalue weighted by molar-refractivity contribution is 7.24. The maximum absolute atomic E-state index is 12.1. The number of rotatable bonds is 4. The Kier molecular flexibility index (Phi) is 3.68. The zero-order valence-electron chi connectivity index (χ0n) is 10.7. The van der Waals surface area contributed by atoms with Gasteiger partial charge in [0.25, 0.3) is 5.91 Å². The average Bonchev–Trinajstić information content (AvgIpc) is 3.06. The van der Waals surface area contributed by atoms with Crippen LogP contribution in [0.1, 0.15) is 25.6 Å². The van der Waals surface area contributed by atoms with Crippen LogP contribution < -0.4 is 5.32 Å². The molecule has 1 amide bonds. The fourth-order valence-electron chi connectivity index (χ4n) is 1.86. The summed E-state index contributed by atoms with van der Waals surface area (Å²) in [6, 6.07) is 3.36. The molecule has 3 aromatic rings. The number of carboxylic acid groups (broad SMARTS) is 1. The molecule has 3 rings (SSSR count). The molecule has 0 saturated carbocycles. The van der Waals surface area contributed by atoms with Crippen LogP contribution in [0.5, 0.6) is 0 Å². The Labute approximate surface area is 127 Å². The predicted octanol–water partition coefficient (Wildman–Crippen LogP) is 2.99. The van der Waals surface area contributed by atoms with Crippen LogP contribution in [0, 0.1) is 0 Å². The van der Waals surface area contributed by atoms with E-state index in [4.69, 9.17) is 5.11 Å². The van der Waals surface area contributed by atoms with Gasteiger partial charge in [-0.2, -0.15) is 11.3 Å². The molecule has 0 unspecified atom stereocenters. The van der Waals surface area contributed by atoms with E-state index in [2.05, 4.69) is 10.3 Å². The normalized spacial score (nSPS) is 10.7. The predicted molar refractivity (Wildman–Crippen MR) is 82.1 cm³/mol. The number of hydrogen-bond acceptors (Lipinski definition) is 5. The maximum Gasteiger partial charge on any atom is 0.337 e. The lowest BCUT2D eigenvalue weighted by molar-refractivity contribution is 0.0696.